The van der Waals surface area contributed by atoms with Crippen LogP contribution in [-0.2, 0) is 26.0 Å². The smallest absolute Gasteiger partial charge is 0.264 e. The highest BCUT2D eigenvalue weighted by atomic mass is 32.2. The van der Waals surface area contributed by atoms with Crippen molar-refractivity contribution in [2.24, 2.45) is 0 Å². The van der Waals surface area contributed by atoms with E-state index in [2.05, 4.69) is 5.32 Å². The fraction of sp³-hybridized carbons (Fsp3) is 0.333. The van der Waals surface area contributed by atoms with Gasteiger partial charge in [-0.3, -0.25) is 13.9 Å². The van der Waals surface area contributed by atoms with Crippen molar-refractivity contribution in [1.82, 2.24) is 10.2 Å². The average molecular weight is 536 g/mol. The number of nitrogens with zero attached hydrogens (tertiary/aromatic N) is 2. The third kappa shape index (κ3) is 7.22. The Balaban J connectivity index is 1.99. The predicted molar refractivity (Wildman–Crippen MR) is 152 cm³/mol. The summed E-state index contributed by atoms with van der Waals surface area (Å²) in [6.07, 6.45) is 0.944. The van der Waals surface area contributed by atoms with E-state index in [1.165, 1.54) is 4.90 Å². The fourth-order valence-corrected chi connectivity index (χ4v) is 5.68. The lowest BCUT2D eigenvalue weighted by Gasteiger charge is -2.33. The van der Waals surface area contributed by atoms with Gasteiger partial charge in [0.15, 0.2) is 0 Å². The summed E-state index contributed by atoms with van der Waals surface area (Å²) in [7, 11) is -4.06. The summed E-state index contributed by atoms with van der Waals surface area (Å²) >= 11 is 0. The van der Waals surface area contributed by atoms with Crippen molar-refractivity contribution in [3.63, 3.8) is 0 Å². The number of benzene rings is 3. The monoisotopic (exact) mass is 535 g/mol. The van der Waals surface area contributed by atoms with Crippen LogP contribution in [0, 0.1) is 13.8 Å². The molecule has 0 radical (unpaired) electrons. The molecular weight excluding hydrogens is 498 g/mol. The lowest BCUT2D eigenvalue weighted by Crippen LogP contribution is -2.53. The van der Waals surface area contributed by atoms with Gasteiger partial charge >= 0.3 is 0 Å². The Labute approximate surface area is 226 Å². The number of sulfonamides is 1. The number of carbonyl (C=O) groups excluding carboxylic acids is 2. The molecule has 0 aliphatic carbocycles. The number of nitrogens with one attached hydrogen (secondary N) is 1. The van der Waals surface area contributed by atoms with Crippen molar-refractivity contribution >= 4 is 27.5 Å². The van der Waals surface area contributed by atoms with Crippen LogP contribution in [-0.4, -0.2) is 50.8 Å². The molecule has 0 unspecified atom stereocenters. The van der Waals surface area contributed by atoms with Crippen LogP contribution < -0.4 is 9.62 Å². The highest BCUT2D eigenvalue weighted by Crippen LogP contribution is 2.25. The minimum Gasteiger partial charge on any atom is -0.355 e. The normalized spacial score (nSPS) is 12.0. The van der Waals surface area contributed by atoms with E-state index in [-0.39, 0.29) is 17.3 Å². The molecule has 0 aliphatic heterocycles. The number of anilines is 1. The second kappa shape index (κ2) is 13.2. The molecule has 2 amide bonds. The van der Waals surface area contributed by atoms with Gasteiger partial charge in [-0.15, -0.1) is 0 Å². The van der Waals surface area contributed by atoms with E-state index >= 15 is 0 Å². The minimum absolute atomic E-state index is 0.100. The first-order chi connectivity index (χ1) is 18.2. The highest BCUT2D eigenvalue weighted by Gasteiger charge is 2.33. The summed E-state index contributed by atoms with van der Waals surface area (Å²) in [4.78, 5) is 28.5. The molecule has 1 atom stereocenters. The van der Waals surface area contributed by atoms with E-state index in [9.17, 15) is 18.0 Å². The van der Waals surface area contributed by atoms with Gasteiger partial charge in [-0.1, -0.05) is 72.6 Å². The molecule has 7 nitrogen and oxygen atoms in total. The first-order valence-electron chi connectivity index (χ1n) is 12.9. The predicted octanol–water partition coefficient (Wildman–Crippen LogP) is 4.48. The Morgan fingerprint density at radius 1 is 0.842 bits per heavy atom. The standard InChI is InChI=1S/C30H37N3O4S/c1-5-28(30(35)31-6-2)32(21-20-25-10-8-7-9-11-25)29(34)22-33(26-16-12-23(3)13-17-26)38(36,37)27-18-14-24(4)15-19-27/h7-19,28H,5-6,20-22H2,1-4H3,(H,31,35)/t28-/m1/s1. The SMILES string of the molecule is CCNC(=O)[C@@H](CC)N(CCc1ccccc1)C(=O)CN(c1ccc(C)cc1)S(=O)(=O)c1ccc(C)cc1. The first-order valence-corrected chi connectivity index (χ1v) is 14.4. The molecule has 202 valence electrons. The molecule has 0 spiro atoms. The van der Waals surface area contributed by atoms with E-state index < -0.39 is 28.5 Å². The van der Waals surface area contributed by atoms with Gasteiger partial charge < -0.3 is 10.2 Å². The molecule has 38 heavy (non-hydrogen) atoms. The van der Waals surface area contributed by atoms with Gasteiger partial charge in [0.2, 0.25) is 11.8 Å². The first kappa shape index (κ1) is 28.9. The van der Waals surface area contributed by atoms with Gasteiger partial charge in [-0.25, -0.2) is 8.42 Å². The zero-order chi connectivity index (χ0) is 27.7. The summed E-state index contributed by atoms with van der Waals surface area (Å²) in [5, 5.41) is 2.82. The van der Waals surface area contributed by atoms with Crippen LogP contribution in [0.4, 0.5) is 5.69 Å². The van der Waals surface area contributed by atoms with Gasteiger partial charge in [-0.2, -0.15) is 0 Å². The molecule has 0 aliphatic rings. The zero-order valence-electron chi connectivity index (χ0n) is 22.6. The number of carbonyl (C=O) groups is 2. The molecule has 0 aromatic heterocycles. The van der Waals surface area contributed by atoms with Gasteiger partial charge in [0.1, 0.15) is 12.6 Å². The third-order valence-electron chi connectivity index (χ3n) is 6.43. The molecule has 0 saturated carbocycles. The van der Waals surface area contributed by atoms with E-state index in [4.69, 9.17) is 0 Å². The van der Waals surface area contributed by atoms with Crippen molar-refractivity contribution in [2.75, 3.05) is 23.9 Å². The second-order valence-electron chi connectivity index (χ2n) is 9.30. The van der Waals surface area contributed by atoms with Crippen molar-refractivity contribution < 1.29 is 18.0 Å². The number of amides is 2. The van der Waals surface area contributed by atoms with Crippen molar-refractivity contribution in [3.8, 4) is 0 Å². The minimum atomic E-state index is -4.06. The lowest BCUT2D eigenvalue weighted by atomic mass is 10.1. The van der Waals surface area contributed by atoms with Crippen molar-refractivity contribution in [2.45, 2.75) is 51.5 Å². The largest absolute Gasteiger partial charge is 0.355 e. The Hall–Kier alpha value is -3.65. The maximum atomic E-state index is 13.9. The Morgan fingerprint density at radius 2 is 1.42 bits per heavy atom. The quantitative estimate of drug-likeness (QED) is 0.370. The molecule has 0 saturated heterocycles. The van der Waals surface area contributed by atoms with E-state index in [0.717, 1.165) is 21.0 Å². The Morgan fingerprint density at radius 3 is 1.97 bits per heavy atom. The Bertz CT molecular complexity index is 1310. The molecule has 0 fully saturated rings. The maximum absolute atomic E-state index is 13.9. The van der Waals surface area contributed by atoms with Crippen LogP contribution >= 0.6 is 0 Å². The number of likely N-dealkylation sites (N-methyl/N-ethyl adjacent to an activating group) is 1. The summed E-state index contributed by atoms with van der Waals surface area (Å²) < 4.78 is 28.8. The second-order valence-corrected chi connectivity index (χ2v) is 11.2. The molecular formula is C30H37N3O4S. The summed E-state index contributed by atoms with van der Waals surface area (Å²) in [6, 6.07) is 22.6. The number of hydrogen-bond acceptors (Lipinski definition) is 4. The van der Waals surface area contributed by atoms with Crippen LogP contribution in [0.3, 0.4) is 0 Å². The molecule has 1 N–H and O–H groups in total. The summed E-state index contributed by atoms with van der Waals surface area (Å²) in [6.45, 7) is 7.77. The van der Waals surface area contributed by atoms with Crippen LogP contribution in [0.1, 0.15) is 37.0 Å². The molecule has 3 aromatic carbocycles. The van der Waals surface area contributed by atoms with E-state index in [0.29, 0.717) is 25.1 Å². The van der Waals surface area contributed by atoms with Crippen LogP contribution in [0.15, 0.2) is 83.8 Å². The molecule has 3 aromatic rings. The topological polar surface area (TPSA) is 86.8 Å². The van der Waals surface area contributed by atoms with E-state index in [1.54, 1.807) is 36.4 Å². The zero-order valence-corrected chi connectivity index (χ0v) is 23.4. The van der Waals surface area contributed by atoms with Gasteiger partial charge in [0.05, 0.1) is 10.6 Å². The van der Waals surface area contributed by atoms with Crippen LogP contribution in [0.5, 0.6) is 0 Å². The van der Waals surface area contributed by atoms with Crippen molar-refractivity contribution in [1.29, 1.82) is 0 Å². The van der Waals surface area contributed by atoms with Gasteiger partial charge in [0.25, 0.3) is 10.0 Å². The summed E-state index contributed by atoms with van der Waals surface area (Å²) in [5.41, 5.74) is 3.32. The van der Waals surface area contributed by atoms with Crippen LogP contribution in [0.2, 0.25) is 0 Å². The Kier molecular flexibility index (Phi) is 10.1. The number of rotatable bonds is 12. The maximum Gasteiger partial charge on any atom is 0.264 e. The van der Waals surface area contributed by atoms with Crippen molar-refractivity contribution in [3.05, 3.63) is 95.6 Å². The molecule has 3 rings (SSSR count). The molecule has 8 heteroatoms. The fourth-order valence-electron chi connectivity index (χ4n) is 4.27. The van der Waals surface area contributed by atoms with E-state index in [1.807, 2.05) is 70.2 Å². The average Bonchev–Trinajstić information content (AvgIpc) is 2.91. The molecule has 0 heterocycles. The van der Waals surface area contributed by atoms with Gasteiger partial charge in [0, 0.05) is 13.1 Å². The van der Waals surface area contributed by atoms with Gasteiger partial charge in [-0.05, 0) is 63.4 Å². The number of aryl methyl sites for hydroxylation is 2. The lowest BCUT2D eigenvalue weighted by molar-refractivity contribution is -0.139. The highest BCUT2D eigenvalue weighted by molar-refractivity contribution is 7.92. The molecule has 0 bridgehead atoms. The third-order valence-corrected chi connectivity index (χ3v) is 8.22. The van der Waals surface area contributed by atoms with Crippen LogP contribution in [0.25, 0.3) is 0 Å². The summed E-state index contributed by atoms with van der Waals surface area (Å²) in [5.74, 6) is -0.685. The number of hydrogen-bond donors (Lipinski definition) is 1.